The highest BCUT2D eigenvalue weighted by atomic mass is 19.4. The van der Waals surface area contributed by atoms with Crippen LogP contribution in [-0.4, -0.2) is 33.5 Å². The molecule has 6 nitrogen and oxygen atoms in total. The summed E-state index contributed by atoms with van der Waals surface area (Å²) in [5.41, 5.74) is -1.18. The largest absolute Gasteiger partial charge is 0.420 e. The molecule has 3 heterocycles. The molecule has 1 saturated heterocycles. The number of aromatic amines is 1. The van der Waals surface area contributed by atoms with Gasteiger partial charge in [-0.1, -0.05) is 6.92 Å². The van der Waals surface area contributed by atoms with E-state index in [9.17, 15) is 18.0 Å². The fourth-order valence-electron chi connectivity index (χ4n) is 2.66. The minimum Gasteiger partial charge on any atom is -0.355 e. The van der Waals surface area contributed by atoms with E-state index < -0.39 is 17.3 Å². The van der Waals surface area contributed by atoms with Crippen LogP contribution in [0.3, 0.4) is 0 Å². The molecule has 1 aliphatic rings. The Hall–Kier alpha value is -2.45. The molecule has 1 fully saturated rings. The van der Waals surface area contributed by atoms with Gasteiger partial charge >= 0.3 is 6.18 Å². The highest BCUT2D eigenvalue weighted by Crippen LogP contribution is 2.37. The Morgan fingerprint density at radius 3 is 2.46 bits per heavy atom. The first kappa shape index (κ1) is 16.4. The minimum absolute atomic E-state index is 0.0345. The van der Waals surface area contributed by atoms with E-state index in [2.05, 4.69) is 27.3 Å². The summed E-state index contributed by atoms with van der Waals surface area (Å²) >= 11 is 0. The summed E-state index contributed by atoms with van der Waals surface area (Å²) in [6.45, 7) is 3.13. The van der Waals surface area contributed by atoms with Gasteiger partial charge in [-0.05, 0) is 30.9 Å². The van der Waals surface area contributed by atoms with Crippen LogP contribution in [0.2, 0.25) is 0 Å². The number of alkyl halides is 3. The van der Waals surface area contributed by atoms with Crippen LogP contribution >= 0.6 is 0 Å². The van der Waals surface area contributed by atoms with Gasteiger partial charge in [0.15, 0.2) is 5.82 Å². The molecule has 128 valence electrons. The number of hydrogen-bond acceptors (Lipinski definition) is 5. The maximum atomic E-state index is 13.5. The molecule has 0 atom stereocenters. The topological polar surface area (TPSA) is 74.8 Å². The zero-order chi connectivity index (χ0) is 17.3. The third-order valence-electron chi connectivity index (χ3n) is 4.10. The first-order valence-electron chi connectivity index (χ1n) is 7.60. The molecule has 3 rings (SSSR count). The fourth-order valence-corrected chi connectivity index (χ4v) is 2.66. The number of anilines is 1. The molecule has 2 aromatic heterocycles. The van der Waals surface area contributed by atoms with Crippen molar-refractivity contribution in [1.29, 1.82) is 0 Å². The van der Waals surface area contributed by atoms with Gasteiger partial charge in [-0.15, -0.1) is 10.2 Å². The lowest BCUT2D eigenvalue weighted by atomic mass is 9.99. The van der Waals surface area contributed by atoms with E-state index in [4.69, 9.17) is 0 Å². The number of hydrogen-bond donors (Lipinski definition) is 1. The Morgan fingerprint density at radius 1 is 1.17 bits per heavy atom. The van der Waals surface area contributed by atoms with Crippen LogP contribution in [0.5, 0.6) is 0 Å². The average Bonchev–Trinajstić information content (AvgIpc) is 2.55. The van der Waals surface area contributed by atoms with Crippen molar-refractivity contribution in [1.82, 2.24) is 20.4 Å². The summed E-state index contributed by atoms with van der Waals surface area (Å²) in [5.74, 6) is 0.343. The molecule has 0 spiro atoms. The fraction of sp³-hybridized carbons (Fsp3) is 0.467. The second-order valence-corrected chi connectivity index (χ2v) is 5.94. The summed E-state index contributed by atoms with van der Waals surface area (Å²) < 4.78 is 40.4. The van der Waals surface area contributed by atoms with Crippen LogP contribution in [0.1, 0.15) is 25.3 Å². The first-order valence-corrected chi connectivity index (χ1v) is 7.60. The third kappa shape index (κ3) is 3.39. The summed E-state index contributed by atoms with van der Waals surface area (Å²) in [5, 5.41) is 13.6. The van der Waals surface area contributed by atoms with Crippen molar-refractivity contribution in [3.63, 3.8) is 0 Å². The van der Waals surface area contributed by atoms with E-state index in [1.54, 1.807) is 4.90 Å². The van der Waals surface area contributed by atoms with Crippen molar-refractivity contribution in [2.75, 3.05) is 18.0 Å². The van der Waals surface area contributed by atoms with Crippen molar-refractivity contribution < 1.29 is 13.2 Å². The lowest BCUT2D eigenvalue weighted by Crippen LogP contribution is -2.35. The van der Waals surface area contributed by atoms with E-state index in [-0.39, 0.29) is 17.2 Å². The highest BCUT2D eigenvalue weighted by Gasteiger charge is 2.37. The predicted molar refractivity (Wildman–Crippen MR) is 81.5 cm³/mol. The molecule has 0 aliphatic carbocycles. The van der Waals surface area contributed by atoms with Gasteiger partial charge in [-0.25, -0.2) is 5.10 Å². The van der Waals surface area contributed by atoms with E-state index in [0.29, 0.717) is 19.0 Å². The zero-order valence-corrected chi connectivity index (χ0v) is 13.0. The van der Waals surface area contributed by atoms with Crippen molar-refractivity contribution in [2.45, 2.75) is 25.9 Å². The molecule has 1 aliphatic heterocycles. The van der Waals surface area contributed by atoms with Gasteiger partial charge in [0.2, 0.25) is 0 Å². The van der Waals surface area contributed by atoms with Crippen LogP contribution in [0.15, 0.2) is 23.0 Å². The Balaban J connectivity index is 2.01. The van der Waals surface area contributed by atoms with E-state index in [1.165, 1.54) is 12.1 Å². The number of H-pyrrole nitrogens is 1. The van der Waals surface area contributed by atoms with E-state index in [1.807, 2.05) is 0 Å². The number of nitrogens with one attached hydrogen (secondary N) is 1. The number of nitrogens with zero attached hydrogens (tertiary/aromatic N) is 4. The molecular weight excluding hydrogens is 323 g/mol. The smallest absolute Gasteiger partial charge is 0.355 e. The highest BCUT2D eigenvalue weighted by molar-refractivity contribution is 5.59. The maximum Gasteiger partial charge on any atom is 0.420 e. The van der Waals surface area contributed by atoms with Gasteiger partial charge < -0.3 is 4.90 Å². The Bertz CT molecular complexity index is 761. The number of rotatable bonds is 2. The standard InChI is InChI=1S/C15H16F3N5O/c1-9-4-6-23(7-5-9)14-10(15(16,17)18)8-12(20-22-14)11-2-3-13(24)21-19-11/h2-3,8-9H,4-7H2,1H3,(H,21,24). The van der Waals surface area contributed by atoms with Crippen LogP contribution in [-0.2, 0) is 6.18 Å². The molecule has 0 unspecified atom stereocenters. The van der Waals surface area contributed by atoms with Crippen molar-refractivity contribution in [2.24, 2.45) is 5.92 Å². The van der Waals surface area contributed by atoms with Gasteiger partial charge in [0.1, 0.15) is 17.0 Å². The van der Waals surface area contributed by atoms with Crippen molar-refractivity contribution in [3.05, 3.63) is 34.1 Å². The van der Waals surface area contributed by atoms with Gasteiger partial charge in [0.25, 0.3) is 5.56 Å². The minimum atomic E-state index is -4.55. The number of piperidine rings is 1. The molecule has 0 saturated carbocycles. The van der Waals surface area contributed by atoms with Gasteiger partial charge in [0.05, 0.1) is 0 Å². The van der Waals surface area contributed by atoms with Crippen LogP contribution in [0, 0.1) is 5.92 Å². The molecule has 0 aromatic carbocycles. The Kier molecular flexibility index (Phi) is 4.25. The lowest BCUT2D eigenvalue weighted by Gasteiger charge is -2.32. The first-order chi connectivity index (χ1) is 11.3. The predicted octanol–water partition coefficient (Wildman–Crippen LogP) is 2.48. The second kappa shape index (κ2) is 6.21. The summed E-state index contributed by atoms with van der Waals surface area (Å²) in [6, 6.07) is 3.42. The summed E-state index contributed by atoms with van der Waals surface area (Å²) in [4.78, 5) is 12.7. The lowest BCUT2D eigenvalue weighted by molar-refractivity contribution is -0.137. The van der Waals surface area contributed by atoms with Gasteiger partial charge in [0, 0.05) is 19.2 Å². The maximum absolute atomic E-state index is 13.5. The molecule has 0 bridgehead atoms. The Labute approximate surface area is 135 Å². The molecule has 0 radical (unpaired) electrons. The molecule has 24 heavy (non-hydrogen) atoms. The Morgan fingerprint density at radius 2 is 1.88 bits per heavy atom. The number of aromatic nitrogens is 4. The van der Waals surface area contributed by atoms with Crippen LogP contribution < -0.4 is 10.5 Å². The van der Waals surface area contributed by atoms with Gasteiger partial charge in [-0.2, -0.15) is 18.3 Å². The van der Waals surface area contributed by atoms with E-state index in [0.717, 1.165) is 18.9 Å². The van der Waals surface area contributed by atoms with Crippen LogP contribution in [0.4, 0.5) is 19.0 Å². The van der Waals surface area contributed by atoms with Crippen LogP contribution in [0.25, 0.3) is 11.4 Å². The van der Waals surface area contributed by atoms with Crippen molar-refractivity contribution >= 4 is 5.82 Å². The normalized spacial score (nSPS) is 16.4. The number of halogens is 3. The third-order valence-corrected chi connectivity index (χ3v) is 4.10. The molecule has 2 aromatic rings. The summed E-state index contributed by atoms with van der Waals surface area (Å²) in [6.07, 6.45) is -2.91. The van der Waals surface area contributed by atoms with E-state index >= 15 is 0 Å². The SMILES string of the molecule is CC1CCN(c2nnc(-c3ccc(=O)[nH]n3)cc2C(F)(F)F)CC1. The van der Waals surface area contributed by atoms with Crippen molar-refractivity contribution in [3.8, 4) is 11.4 Å². The quantitative estimate of drug-likeness (QED) is 0.910. The zero-order valence-electron chi connectivity index (χ0n) is 13.0. The second-order valence-electron chi connectivity index (χ2n) is 5.94. The molecule has 0 amide bonds. The summed E-state index contributed by atoms with van der Waals surface area (Å²) in [7, 11) is 0. The monoisotopic (exact) mass is 339 g/mol. The van der Waals surface area contributed by atoms with Gasteiger partial charge in [-0.3, -0.25) is 4.79 Å². The molecule has 9 heteroatoms. The molecular formula is C15H16F3N5O. The average molecular weight is 339 g/mol. The molecule has 1 N–H and O–H groups in total.